The molecule has 1 aromatic heterocycles. The lowest BCUT2D eigenvalue weighted by Gasteiger charge is -2.08. The van der Waals surface area contributed by atoms with Gasteiger partial charge in [0.1, 0.15) is 18.6 Å². The first kappa shape index (κ1) is 18.3. The van der Waals surface area contributed by atoms with Crippen LogP contribution in [0.5, 0.6) is 5.75 Å². The highest BCUT2D eigenvalue weighted by Gasteiger charge is 2.02. The molecule has 0 aliphatic carbocycles. The summed E-state index contributed by atoms with van der Waals surface area (Å²) in [5, 5.41) is 11.2. The standard InChI is InChI=1S/C17H12Cl2N4O2S/c18-14-5-4-12(7-15(14)19)10-25-13-3-1-2-11(6-13)8-21-23-16(24)9-20-22-17(23)26/h1-9H,10H2,(H,22,26)/b21-8+. The zero-order chi connectivity index (χ0) is 18.5. The van der Waals surface area contributed by atoms with Gasteiger partial charge < -0.3 is 4.74 Å². The number of hydrogen-bond acceptors (Lipinski definition) is 5. The first-order valence-corrected chi connectivity index (χ1v) is 8.57. The highest BCUT2D eigenvalue weighted by Crippen LogP contribution is 2.23. The fourth-order valence-corrected chi connectivity index (χ4v) is 2.57. The van der Waals surface area contributed by atoms with Crippen molar-refractivity contribution in [2.24, 2.45) is 5.10 Å². The van der Waals surface area contributed by atoms with Gasteiger partial charge in [-0.15, -0.1) is 0 Å². The summed E-state index contributed by atoms with van der Waals surface area (Å²) < 4.78 is 6.92. The summed E-state index contributed by atoms with van der Waals surface area (Å²) in [4.78, 5) is 11.7. The summed E-state index contributed by atoms with van der Waals surface area (Å²) in [6.07, 6.45) is 2.61. The molecule has 0 aliphatic heterocycles. The number of benzene rings is 2. The van der Waals surface area contributed by atoms with E-state index in [1.54, 1.807) is 18.2 Å². The smallest absolute Gasteiger partial charge is 0.293 e. The van der Waals surface area contributed by atoms with Crippen molar-refractivity contribution in [2.75, 3.05) is 0 Å². The number of hydrogen-bond donors (Lipinski definition) is 1. The Morgan fingerprint density at radius 1 is 1.23 bits per heavy atom. The van der Waals surface area contributed by atoms with Gasteiger partial charge in [0.05, 0.1) is 16.3 Å². The maximum atomic E-state index is 11.7. The van der Waals surface area contributed by atoms with Crippen LogP contribution in [0.1, 0.15) is 11.1 Å². The number of nitrogens with one attached hydrogen (secondary N) is 1. The topological polar surface area (TPSA) is 72.3 Å². The number of H-pyrrole nitrogens is 1. The Kier molecular flexibility index (Phi) is 5.82. The maximum absolute atomic E-state index is 11.7. The summed E-state index contributed by atoms with van der Waals surface area (Å²) in [5.74, 6) is 0.646. The van der Waals surface area contributed by atoms with Gasteiger partial charge in [0.2, 0.25) is 4.77 Å². The Labute approximate surface area is 163 Å². The van der Waals surface area contributed by atoms with Crippen LogP contribution < -0.4 is 10.3 Å². The van der Waals surface area contributed by atoms with Gasteiger partial charge in [0, 0.05) is 0 Å². The van der Waals surface area contributed by atoms with Crippen molar-refractivity contribution in [2.45, 2.75) is 6.61 Å². The Bertz CT molecular complexity index is 1050. The molecule has 3 aromatic rings. The largest absolute Gasteiger partial charge is 0.489 e. The maximum Gasteiger partial charge on any atom is 0.293 e. The molecule has 3 rings (SSSR count). The van der Waals surface area contributed by atoms with E-state index < -0.39 is 5.56 Å². The third kappa shape index (κ3) is 4.57. The molecule has 26 heavy (non-hydrogen) atoms. The third-order valence-corrected chi connectivity index (χ3v) is 4.31. The lowest BCUT2D eigenvalue weighted by atomic mass is 10.2. The third-order valence-electron chi connectivity index (χ3n) is 3.31. The van der Waals surface area contributed by atoms with E-state index in [9.17, 15) is 4.79 Å². The molecule has 1 heterocycles. The second kappa shape index (κ2) is 8.27. The van der Waals surface area contributed by atoms with Crippen LogP contribution in [0, 0.1) is 4.77 Å². The van der Waals surface area contributed by atoms with Crippen LogP contribution in [-0.4, -0.2) is 21.1 Å². The lowest BCUT2D eigenvalue weighted by Crippen LogP contribution is -2.18. The molecule has 132 valence electrons. The minimum atomic E-state index is -0.419. The van der Waals surface area contributed by atoms with E-state index in [4.69, 9.17) is 40.2 Å². The summed E-state index contributed by atoms with van der Waals surface area (Å²) in [7, 11) is 0. The van der Waals surface area contributed by atoms with Crippen LogP contribution in [0.3, 0.4) is 0 Å². The normalized spacial score (nSPS) is 11.0. The van der Waals surface area contributed by atoms with Gasteiger partial charge in [0.25, 0.3) is 5.56 Å². The van der Waals surface area contributed by atoms with Crippen molar-refractivity contribution in [3.63, 3.8) is 0 Å². The number of rotatable bonds is 5. The quantitative estimate of drug-likeness (QED) is 0.511. The first-order valence-electron chi connectivity index (χ1n) is 7.41. The fourth-order valence-electron chi connectivity index (χ4n) is 2.06. The average Bonchev–Trinajstić information content (AvgIpc) is 2.63. The Morgan fingerprint density at radius 2 is 2.08 bits per heavy atom. The van der Waals surface area contributed by atoms with Crippen LogP contribution in [0.2, 0.25) is 10.0 Å². The molecule has 0 bridgehead atoms. The molecular weight excluding hydrogens is 395 g/mol. The van der Waals surface area contributed by atoms with Crippen LogP contribution >= 0.6 is 35.4 Å². The second-order valence-corrected chi connectivity index (χ2v) is 6.38. The average molecular weight is 407 g/mol. The van der Waals surface area contributed by atoms with Crippen molar-refractivity contribution in [3.8, 4) is 5.75 Å². The molecule has 0 atom stereocenters. The highest BCUT2D eigenvalue weighted by atomic mass is 35.5. The molecule has 0 unspecified atom stereocenters. The van der Waals surface area contributed by atoms with Gasteiger partial charge in [-0.3, -0.25) is 9.89 Å². The number of halogens is 2. The Balaban J connectivity index is 1.74. The lowest BCUT2D eigenvalue weighted by molar-refractivity contribution is 0.306. The Hall–Kier alpha value is -2.48. The van der Waals surface area contributed by atoms with Gasteiger partial charge in [-0.1, -0.05) is 41.4 Å². The van der Waals surface area contributed by atoms with E-state index in [1.165, 1.54) is 6.21 Å². The Morgan fingerprint density at radius 3 is 2.85 bits per heavy atom. The molecule has 6 nitrogen and oxygen atoms in total. The minimum absolute atomic E-state index is 0.112. The molecule has 0 saturated carbocycles. The van der Waals surface area contributed by atoms with E-state index >= 15 is 0 Å². The van der Waals surface area contributed by atoms with Crippen LogP contribution in [0.4, 0.5) is 0 Å². The van der Waals surface area contributed by atoms with Crippen molar-refractivity contribution in [1.29, 1.82) is 0 Å². The molecule has 2 aromatic carbocycles. The van der Waals surface area contributed by atoms with E-state index in [1.807, 2.05) is 24.3 Å². The molecule has 0 amide bonds. The predicted molar refractivity (Wildman–Crippen MR) is 104 cm³/mol. The van der Waals surface area contributed by atoms with E-state index in [0.29, 0.717) is 22.4 Å². The van der Waals surface area contributed by atoms with E-state index in [2.05, 4.69) is 15.3 Å². The van der Waals surface area contributed by atoms with Gasteiger partial charge in [-0.05, 0) is 47.6 Å². The van der Waals surface area contributed by atoms with Crippen molar-refractivity contribution in [3.05, 3.63) is 85.0 Å². The fraction of sp³-hybridized carbons (Fsp3) is 0.0588. The molecule has 0 spiro atoms. The van der Waals surface area contributed by atoms with Crippen LogP contribution in [0.15, 0.2) is 58.6 Å². The zero-order valence-corrected chi connectivity index (χ0v) is 15.6. The number of ether oxygens (including phenoxy) is 1. The number of nitrogens with zero attached hydrogens (tertiary/aromatic N) is 3. The summed E-state index contributed by atoms with van der Waals surface area (Å²) >= 11 is 16.9. The second-order valence-electron chi connectivity index (χ2n) is 5.18. The number of aromatic amines is 1. The molecule has 0 radical (unpaired) electrons. The van der Waals surface area contributed by atoms with Gasteiger partial charge in [-0.2, -0.15) is 14.9 Å². The summed E-state index contributed by atoms with van der Waals surface area (Å²) in [5.41, 5.74) is 1.22. The first-order chi connectivity index (χ1) is 12.5. The molecule has 1 N–H and O–H groups in total. The van der Waals surface area contributed by atoms with E-state index in [0.717, 1.165) is 22.0 Å². The van der Waals surface area contributed by atoms with Gasteiger partial charge in [-0.25, -0.2) is 0 Å². The minimum Gasteiger partial charge on any atom is -0.489 e. The highest BCUT2D eigenvalue weighted by molar-refractivity contribution is 7.71. The predicted octanol–water partition coefficient (Wildman–Crippen LogP) is 4.07. The van der Waals surface area contributed by atoms with Gasteiger partial charge in [0.15, 0.2) is 0 Å². The summed E-state index contributed by atoms with van der Waals surface area (Å²) in [6.45, 7) is 0.340. The molecule has 9 heteroatoms. The zero-order valence-electron chi connectivity index (χ0n) is 13.2. The van der Waals surface area contributed by atoms with Crippen molar-refractivity contribution >= 4 is 41.6 Å². The van der Waals surface area contributed by atoms with Crippen LogP contribution in [0.25, 0.3) is 0 Å². The van der Waals surface area contributed by atoms with Gasteiger partial charge >= 0.3 is 0 Å². The van der Waals surface area contributed by atoms with Crippen molar-refractivity contribution < 1.29 is 4.74 Å². The van der Waals surface area contributed by atoms with E-state index in [-0.39, 0.29) is 4.77 Å². The van der Waals surface area contributed by atoms with Crippen molar-refractivity contribution in [1.82, 2.24) is 14.9 Å². The SMILES string of the molecule is O=c1cn[nH]c(=S)n1/N=C/c1cccc(OCc2ccc(Cl)c(Cl)c2)c1. The monoisotopic (exact) mass is 406 g/mol. The summed E-state index contributed by atoms with van der Waals surface area (Å²) in [6, 6.07) is 12.6. The molecule has 0 saturated heterocycles. The molecular formula is C17H12Cl2N4O2S. The molecule has 0 aliphatic rings. The number of aromatic nitrogens is 3. The molecule has 0 fully saturated rings. The van der Waals surface area contributed by atoms with Crippen LogP contribution in [-0.2, 0) is 6.61 Å².